The van der Waals surface area contributed by atoms with Crippen molar-refractivity contribution in [3.05, 3.63) is 107 Å². The highest BCUT2D eigenvalue weighted by molar-refractivity contribution is 6.04. The Labute approximate surface area is 207 Å². The molecular weight excluding hydrogens is 450 g/mol. The molecule has 1 atom stereocenters. The quantitative estimate of drug-likeness (QED) is 0.303. The molecule has 0 bridgehead atoms. The second-order valence-corrected chi connectivity index (χ2v) is 8.96. The predicted octanol–water partition coefficient (Wildman–Crippen LogP) is 4.19. The Bertz CT molecular complexity index is 1700. The SMILES string of the molecule is Cc1cccc2c(CC3NC(=O)N(Cc4cccc(C#Cc5cnc6ccccn56)c4)C3=O)c[nH]c12. The van der Waals surface area contributed by atoms with Crippen LogP contribution < -0.4 is 5.32 Å². The number of benzene rings is 2. The van der Waals surface area contributed by atoms with Crippen LogP contribution in [0, 0.1) is 18.8 Å². The first kappa shape index (κ1) is 21.7. The Morgan fingerprint density at radius 1 is 1.03 bits per heavy atom. The smallest absolute Gasteiger partial charge is 0.325 e. The van der Waals surface area contributed by atoms with E-state index < -0.39 is 6.04 Å². The second kappa shape index (κ2) is 8.75. The molecule has 36 heavy (non-hydrogen) atoms. The molecule has 2 aromatic carbocycles. The van der Waals surface area contributed by atoms with Crippen molar-refractivity contribution in [1.82, 2.24) is 24.6 Å². The number of hydrogen-bond acceptors (Lipinski definition) is 3. The Hall–Kier alpha value is -4.83. The molecule has 0 saturated carbocycles. The fraction of sp³-hybridized carbons (Fsp3) is 0.138. The first-order valence-corrected chi connectivity index (χ1v) is 11.8. The maximum absolute atomic E-state index is 13.1. The molecule has 7 nitrogen and oxygen atoms in total. The van der Waals surface area contributed by atoms with Gasteiger partial charge in [0.1, 0.15) is 17.4 Å². The first-order chi connectivity index (χ1) is 17.6. The van der Waals surface area contributed by atoms with Gasteiger partial charge >= 0.3 is 6.03 Å². The lowest BCUT2D eigenvalue weighted by Crippen LogP contribution is -2.32. The number of hydrogen-bond donors (Lipinski definition) is 2. The number of nitrogens with one attached hydrogen (secondary N) is 2. The zero-order chi connectivity index (χ0) is 24.6. The van der Waals surface area contributed by atoms with Crippen LogP contribution in [-0.4, -0.2) is 37.2 Å². The standard InChI is InChI=1S/C29H23N5O2/c1-19-6-4-9-24-22(16-31-27(19)24)15-25-28(35)34(29(36)32-25)18-21-8-5-7-20(14-21)11-12-23-17-30-26-10-2-3-13-33(23)26/h2-10,13-14,16-17,25,31H,15,18H2,1H3,(H,32,36). The Morgan fingerprint density at radius 2 is 1.92 bits per heavy atom. The fourth-order valence-electron chi connectivity index (χ4n) is 4.71. The number of aromatic amines is 1. The molecule has 1 aliphatic rings. The zero-order valence-corrected chi connectivity index (χ0v) is 19.7. The number of rotatable bonds is 4. The Kier molecular flexibility index (Phi) is 5.27. The van der Waals surface area contributed by atoms with Crippen molar-refractivity contribution in [1.29, 1.82) is 0 Å². The van der Waals surface area contributed by atoms with Gasteiger partial charge in [0.15, 0.2) is 0 Å². The van der Waals surface area contributed by atoms with Gasteiger partial charge in [0.05, 0.1) is 12.7 Å². The summed E-state index contributed by atoms with van der Waals surface area (Å²) in [7, 11) is 0. The average Bonchev–Trinajstić information content (AvgIpc) is 3.57. The summed E-state index contributed by atoms with van der Waals surface area (Å²) >= 11 is 0. The number of amides is 3. The van der Waals surface area contributed by atoms with Crippen LogP contribution in [0.4, 0.5) is 4.79 Å². The highest BCUT2D eigenvalue weighted by Crippen LogP contribution is 2.24. The maximum Gasteiger partial charge on any atom is 0.325 e. The van der Waals surface area contributed by atoms with E-state index in [-0.39, 0.29) is 18.5 Å². The van der Waals surface area contributed by atoms with Gasteiger partial charge in [-0.2, -0.15) is 0 Å². The minimum Gasteiger partial charge on any atom is -0.361 e. The number of nitrogens with zero attached hydrogens (tertiary/aromatic N) is 3. The van der Waals surface area contributed by atoms with Crippen LogP contribution in [-0.2, 0) is 17.8 Å². The molecule has 3 aromatic heterocycles. The van der Waals surface area contributed by atoms with Gasteiger partial charge in [0, 0.05) is 35.3 Å². The van der Waals surface area contributed by atoms with Crippen LogP contribution in [0.25, 0.3) is 16.6 Å². The molecule has 1 saturated heterocycles. The summed E-state index contributed by atoms with van der Waals surface area (Å²) in [5, 5.41) is 3.93. The van der Waals surface area contributed by atoms with E-state index >= 15 is 0 Å². The largest absolute Gasteiger partial charge is 0.361 e. The van der Waals surface area contributed by atoms with Gasteiger partial charge in [-0.25, -0.2) is 9.78 Å². The van der Waals surface area contributed by atoms with Gasteiger partial charge in [0.25, 0.3) is 5.91 Å². The summed E-state index contributed by atoms with van der Waals surface area (Å²) in [4.78, 5) is 34.7. The van der Waals surface area contributed by atoms with Crippen LogP contribution in [0.3, 0.4) is 0 Å². The third-order valence-corrected chi connectivity index (χ3v) is 6.56. The van der Waals surface area contributed by atoms with E-state index in [4.69, 9.17) is 0 Å². The van der Waals surface area contributed by atoms with Crippen LogP contribution in [0.15, 0.2) is 79.3 Å². The van der Waals surface area contributed by atoms with Gasteiger partial charge in [-0.15, -0.1) is 0 Å². The number of para-hydroxylation sites is 1. The van der Waals surface area contributed by atoms with Gasteiger partial charge < -0.3 is 10.3 Å². The van der Waals surface area contributed by atoms with Gasteiger partial charge in [-0.3, -0.25) is 14.1 Å². The number of urea groups is 1. The number of pyridine rings is 1. The molecular formula is C29H23N5O2. The molecule has 1 fully saturated rings. The van der Waals surface area contributed by atoms with Crippen molar-refractivity contribution in [3.63, 3.8) is 0 Å². The normalized spacial score (nSPS) is 15.4. The molecule has 6 rings (SSSR count). The number of fused-ring (bicyclic) bond motifs is 2. The molecule has 1 unspecified atom stereocenters. The predicted molar refractivity (Wildman–Crippen MR) is 137 cm³/mol. The average molecular weight is 474 g/mol. The van der Waals surface area contributed by atoms with Crippen LogP contribution >= 0.6 is 0 Å². The summed E-state index contributed by atoms with van der Waals surface area (Å²) in [5.41, 5.74) is 6.49. The number of imidazole rings is 1. The summed E-state index contributed by atoms with van der Waals surface area (Å²) in [5.74, 6) is 6.11. The molecule has 7 heteroatoms. The van der Waals surface area contributed by atoms with Gasteiger partial charge in [-0.05, 0) is 53.8 Å². The minimum atomic E-state index is -0.588. The van der Waals surface area contributed by atoms with E-state index in [2.05, 4.69) is 27.1 Å². The number of carbonyl (C=O) groups is 2. The maximum atomic E-state index is 13.1. The minimum absolute atomic E-state index is 0.194. The van der Waals surface area contributed by atoms with Gasteiger partial charge in [0.2, 0.25) is 0 Å². The lowest BCUT2D eigenvalue weighted by atomic mass is 10.0. The lowest BCUT2D eigenvalue weighted by Gasteiger charge is -2.13. The summed E-state index contributed by atoms with van der Waals surface area (Å²) < 4.78 is 1.93. The van der Waals surface area contributed by atoms with Gasteiger partial charge in [-0.1, -0.05) is 42.3 Å². The van der Waals surface area contributed by atoms with E-state index in [0.29, 0.717) is 6.42 Å². The topological polar surface area (TPSA) is 82.5 Å². The molecule has 2 N–H and O–H groups in total. The number of carbonyl (C=O) groups excluding carboxylic acids is 2. The molecule has 0 aliphatic carbocycles. The number of imide groups is 1. The fourth-order valence-corrected chi connectivity index (χ4v) is 4.71. The van der Waals surface area contributed by atoms with E-state index in [1.165, 1.54) is 4.90 Å². The highest BCUT2D eigenvalue weighted by Gasteiger charge is 2.38. The molecule has 1 aliphatic heterocycles. The monoisotopic (exact) mass is 473 g/mol. The molecule has 4 heterocycles. The molecule has 0 radical (unpaired) electrons. The van der Waals surface area contributed by atoms with Crippen molar-refractivity contribution in [3.8, 4) is 11.8 Å². The Morgan fingerprint density at radius 3 is 2.83 bits per heavy atom. The summed E-state index contributed by atoms with van der Waals surface area (Å²) in [6.45, 7) is 2.24. The second-order valence-electron chi connectivity index (χ2n) is 8.96. The van der Waals surface area contributed by atoms with Crippen molar-refractivity contribution >= 4 is 28.5 Å². The van der Waals surface area contributed by atoms with Crippen LogP contribution in [0.1, 0.15) is 27.9 Å². The van der Waals surface area contributed by atoms with E-state index in [0.717, 1.165) is 44.5 Å². The summed E-state index contributed by atoms with van der Waals surface area (Å²) in [6, 6.07) is 18.5. The van der Waals surface area contributed by atoms with Crippen LogP contribution in [0.5, 0.6) is 0 Å². The molecule has 3 amide bonds. The van der Waals surface area contributed by atoms with Crippen molar-refractivity contribution in [2.45, 2.75) is 25.9 Å². The van der Waals surface area contributed by atoms with E-state index in [1.54, 1.807) is 6.20 Å². The zero-order valence-electron chi connectivity index (χ0n) is 19.7. The Balaban J connectivity index is 1.18. The lowest BCUT2D eigenvalue weighted by molar-refractivity contribution is -0.127. The third-order valence-electron chi connectivity index (χ3n) is 6.56. The van der Waals surface area contributed by atoms with Crippen molar-refractivity contribution in [2.24, 2.45) is 0 Å². The number of H-pyrrole nitrogens is 1. The molecule has 0 spiro atoms. The molecule has 5 aromatic rings. The third kappa shape index (κ3) is 3.89. The molecule has 176 valence electrons. The number of aromatic nitrogens is 3. The summed E-state index contributed by atoms with van der Waals surface area (Å²) in [6.07, 6.45) is 6.03. The highest BCUT2D eigenvalue weighted by atomic mass is 16.2. The van der Waals surface area contributed by atoms with E-state index in [1.807, 2.05) is 84.4 Å². The first-order valence-electron chi connectivity index (χ1n) is 11.8. The van der Waals surface area contributed by atoms with E-state index in [9.17, 15) is 9.59 Å². The van der Waals surface area contributed by atoms with Crippen LogP contribution in [0.2, 0.25) is 0 Å². The van der Waals surface area contributed by atoms with Crippen molar-refractivity contribution < 1.29 is 9.59 Å². The van der Waals surface area contributed by atoms with Crippen molar-refractivity contribution in [2.75, 3.05) is 0 Å². The number of aryl methyl sites for hydroxylation is 1.